The number of methoxy groups -OCH3 is 5. The summed E-state index contributed by atoms with van der Waals surface area (Å²) >= 11 is 0. The van der Waals surface area contributed by atoms with Gasteiger partial charge in [-0.15, -0.1) is 0 Å². The van der Waals surface area contributed by atoms with Crippen molar-refractivity contribution >= 4 is 0 Å². The largest absolute Gasteiger partial charge is 0.497 e. The minimum atomic E-state index is 0.528. The third-order valence-electron chi connectivity index (χ3n) is 16.9. The van der Waals surface area contributed by atoms with Crippen LogP contribution in [0.15, 0.2) is 146 Å². The van der Waals surface area contributed by atoms with Gasteiger partial charge in [0.05, 0.1) is 42.2 Å². The van der Waals surface area contributed by atoms with E-state index in [0.29, 0.717) is 47.3 Å². The Morgan fingerprint density at radius 2 is 0.611 bits per heavy atom. The Morgan fingerprint density at radius 1 is 0.253 bits per heavy atom. The normalized spacial score (nSPS) is 10.5. The molecule has 6 heteroatoms. The molecule has 522 valence electrons. The van der Waals surface area contributed by atoms with E-state index in [1.165, 1.54) is 100 Å². The fraction of sp³-hybridized carbons (Fsp3) is 0.461. The average molecular weight is 1300 g/mol. The van der Waals surface area contributed by atoms with Crippen LogP contribution in [-0.2, 0) is 0 Å². The molecule has 8 aromatic rings. The van der Waals surface area contributed by atoms with E-state index in [1.807, 2.05) is 37.3 Å². The highest BCUT2D eigenvalue weighted by atomic mass is 16.5. The van der Waals surface area contributed by atoms with Crippen LogP contribution in [0.3, 0.4) is 0 Å². The van der Waals surface area contributed by atoms with E-state index in [2.05, 4.69) is 295 Å². The first-order valence-electron chi connectivity index (χ1n) is 34.7. The first-order chi connectivity index (χ1) is 44.6. The molecule has 0 aromatic heterocycles. The number of rotatable bonds is 15. The summed E-state index contributed by atoms with van der Waals surface area (Å²) in [5.41, 5.74) is 24.5. The summed E-state index contributed by atoms with van der Waals surface area (Å²) in [6, 6.07) is 50.9. The average Bonchev–Trinajstić information content (AvgIpc) is 2.06. The molecule has 0 amide bonds. The van der Waals surface area contributed by atoms with Gasteiger partial charge in [0.1, 0.15) is 34.5 Å². The van der Waals surface area contributed by atoms with E-state index in [-0.39, 0.29) is 0 Å². The maximum absolute atomic E-state index is 5.47. The molecule has 0 saturated heterocycles. The first-order valence-corrected chi connectivity index (χ1v) is 34.7. The molecule has 8 rings (SSSR count). The van der Waals surface area contributed by atoms with E-state index in [9.17, 15) is 0 Å². The lowest BCUT2D eigenvalue weighted by molar-refractivity contribution is 0.337. The minimum absolute atomic E-state index is 0.528. The van der Waals surface area contributed by atoms with Crippen LogP contribution in [0.2, 0.25) is 0 Å². The molecule has 95 heavy (non-hydrogen) atoms. The summed E-state index contributed by atoms with van der Waals surface area (Å²) in [5, 5.41) is 0. The van der Waals surface area contributed by atoms with Crippen LogP contribution in [-0.4, -0.2) is 42.2 Å². The summed E-state index contributed by atoms with van der Waals surface area (Å²) in [4.78, 5) is 0. The molecule has 0 bridgehead atoms. The standard InChI is InChI=1S/C12H18O.5C11H16O.2C11H16/c1-5-13-12-7-6-11(9(2)3)8-10(12)4;2*1-8(2)11-6-5-10(12-4)7-9(11)3;1-8(2)10-5-6-11(12-4)9(3)7-10;1-8(2)11-7-10(12-4)6-5-9(11)3;1-8(2)10-7-9(3)5-6-11(10)12-4;1-8(2)11-7-9(3)5-6-10(11)4;1-8(2)11-7-5-6-9(3)10(11)4/h6-9H,5H2,1-4H3;5*5-8H,1-4H3;2*5-8H,1-4H3. The van der Waals surface area contributed by atoms with E-state index < -0.39 is 0 Å². The Balaban J connectivity index is 0.000000543. The van der Waals surface area contributed by atoms with Crippen molar-refractivity contribution in [2.45, 2.75) is 234 Å². The van der Waals surface area contributed by atoms with Crippen LogP contribution >= 0.6 is 0 Å². The second kappa shape index (κ2) is 44.3. The van der Waals surface area contributed by atoms with Gasteiger partial charge in [0, 0.05) is 0 Å². The molecule has 0 saturated carbocycles. The van der Waals surface area contributed by atoms with E-state index in [0.717, 1.165) is 41.1 Å². The van der Waals surface area contributed by atoms with Crippen molar-refractivity contribution in [3.05, 3.63) is 246 Å². The molecular weight excluding hydrogens is 1160 g/mol. The zero-order chi connectivity index (χ0) is 72.4. The molecule has 0 spiro atoms. The molecule has 6 nitrogen and oxygen atoms in total. The number of benzene rings is 8. The van der Waals surface area contributed by atoms with Crippen molar-refractivity contribution in [2.75, 3.05) is 42.2 Å². The maximum Gasteiger partial charge on any atom is 0.122 e. The van der Waals surface area contributed by atoms with Crippen LogP contribution < -0.4 is 28.4 Å². The lowest BCUT2D eigenvalue weighted by Gasteiger charge is -2.11. The van der Waals surface area contributed by atoms with Gasteiger partial charge in [0.15, 0.2) is 0 Å². The Morgan fingerprint density at radius 3 is 0.958 bits per heavy atom. The van der Waals surface area contributed by atoms with Gasteiger partial charge in [-0.25, -0.2) is 0 Å². The van der Waals surface area contributed by atoms with Crippen molar-refractivity contribution < 1.29 is 28.4 Å². The van der Waals surface area contributed by atoms with Crippen molar-refractivity contribution in [3.8, 4) is 34.5 Å². The molecule has 8 aromatic carbocycles. The van der Waals surface area contributed by atoms with Gasteiger partial charge >= 0.3 is 0 Å². The molecule has 0 atom stereocenters. The highest BCUT2D eigenvalue weighted by Gasteiger charge is 2.10. The van der Waals surface area contributed by atoms with Crippen LogP contribution in [0.5, 0.6) is 34.5 Å². The maximum atomic E-state index is 5.47. The van der Waals surface area contributed by atoms with Crippen molar-refractivity contribution in [1.82, 2.24) is 0 Å². The Hall–Kier alpha value is -7.44. The number of aryl methyl sites for hydroxylation is 9. The van der Waals surface area contributed by atoms with Crippen LogP contribution in [0, 0.1) is 69.2 Å². The number of ether oxygens (including phenoxy) is 6. The summed E-state index contributed by atoms with van der Waals surface area (Å²) in [7, 11) is 8.52. The summed E-state index contributed by atoms with van der Waals surface area (Å²) in [6.45, 7) is 59.4. The van der Waals surface area contributed by atoms with E-state index in [4.69, 9.17) is 28.4 Å². The zero-order valence-electron chi connectivity index (χ0n) is 65.6. The van der Waals surface area contributed by atoms with Crippen LogP contribution in [0.4, 0.5) is 0 Å². The zero-order valence-corrected chi connectivity index (χ0v) is 65.6. The first kappa shape index (κ1) is 85.6. The molecule has 0 aliphatic heterocycles. The van der Waals surface area contributed by atoms with Gasteiger partial charge in [-0.1, -0.05) is 213 Å². The van der Waals surface area contributed by atoms with Crippen molar-refractivity contribution in [3.63, 3.8) is 0 Å². The van der Waals surface area contributed by atoms with Crippen LogP contribution in [0.25, 0.3) is 0 Å². The lowest BCUT2D eigenvalue weighted by atomic mass is 9.95. The molecule has 0 aliphatic carbocycles. The Kier molecular flexibility index (Phi) is 39.9. The van der Waals surface area contributed by atoms with E-state index >= 15 is 0 Å². The molecule has 0 unspecified atom stereocenters. The van der Waals surface area contributed by atoms with Crippen molar-refractivity contribution in [1.29, 1.82) is 0 Å². The van der Waals surface area contributed by atoms with Gasteiger partial charge < -0.3 is 28.4 Å². The Labute approximate surface area is 582 Å². The van der Waals surface area contributed by atoms with E-state index in [1.54, 1.807) is 35.5 Å². The molecule has 0 heterocycles. The van der Waals surface area contributed by atoms with Gasteiger partial charge in [0.25, 0.3) is 0 Å². The fourth-order valence-electron chi connectivity index (χ4n) is 10.9. The second-order valence-corrected chi connectivity index (χ2v) is 27.5. The Bertz CT molecular complexity index is 3400. The van der Waals surface area contributed by atoms with Gasteiger partial charge in [-0.3, -0.25) is 0 Å². The van der Waals surface area contributed by atoms with Crippen LogP contribution in [0.1, 0.15) is 265 Å². The van der Waals surface area contributed by atoms with Gasteiger partial charge in [0.2, 0.25) is 0 Å². The predicted molar refractivity (Wildman–Crippen MR) is 416 cm³/mol. The lowest BCUT2D eigenvalue weighted by Crippen LogP contribution is -1.95. The quantitative estimate of drug-likeness (QED) is 0.102. The summed E-state index contributed by atoms with van der Waals surface area (Å²) < 4.78 is 31.3. The third-order valence-corrected chi connectivity index (χ3v) is 16.9. The molecule has 0 fully saturated rings. The van der Waals surface area contributed by atoms with Gasteiger partial charge in [-0.05, 0) is 267 Å². The highest BCUT2D eigenvalue weighted by molar-refractivity contribution is 5.42. The number of hydrogen-bond acceptors (Lipinski definition) is 6. The molecule has 0 N–H and O–H groups in total. The van der Waals surface area contributed by atoms with Gasteiger partial charge in [-0.2, -0.15) is 0 Å². The molecule has 0 aliphatic rings. The second-order valence-electron chi connectivity index (χ2n) is 27.5. The predicted octanol–water partition coefficient (Wildman–Crippen LogP) is 26.0. The van der Waals surface area contributed by atoms with Crippen molar-refractivity contribution in [2.24, 2.45) is 0 Å². The smallest absolute Gasteiger partial charge is 0.122 e. The number of hydrogen-bond donors (Lipinski definition) is 0. The SMILES string of the molecule is CCOc1ccc(C(C)C)cc1C.COc1ccc(C(C)C)c(C)c1.COc1ccc(C(C)C)c(C)c1.COc1ccc(C(C)C)cc1C.COc1ccc(C)c(C(C)C)c1.COc1ccc(C)cc1C(C)C.Cc1ccc(C)c(C(C)C)c1.Cc1cccc(C(C)C)c1C. The monoisotopic (exact) mass is 1290 g/mol. The summed E-state index contributed by atoms with van der Waals surface area (Å²) in [6.07, 6.45) is 0. The minimum Gasteiger partial charge on any atom is -0.497 e. The fourth-order valence-corrected chi connectivity index (χ4v) is 10.9. The topological polar surface area (TPSA) is 55.4 Å². The molecule has 0 radical (unpaired) electrons. The molecular formula is C89H130O6. The third kappa shape index (κ3) is 30.5. The summed E-state index contributed by atoms with van der Waals surface area (Å²) in [5.74, 6) is 10.6. The highest BCUT2D eigenvalue weighted by Crippen LogP contribution is 2.30.